The van der Waals surface area contributed by atoms with Gasteiger partial charge in [-0.25, -0.2) is 4.79 Å². The molecule has 0 saturated heterocycles. The fourth-order valence-corrected chi connectivity index (χ4v) is 3.03. The number of nitriles is 1. The Balaban J connectivity index is 1.78. The molecule has 2 rings (SSSR count). The molecule has 126 valence electrons. The molecule has 0 amide bonds. The first-order valence-electron chi connectivity index (χ1n) is 8.75. The number of esters is 1. The number of nitrogens with zero attached hydrogens (tertiary/aromatic N) is 1. The van der Waals surface area contributed by atoms with E-state index < -0.39 is 0 Å². The molecule has 0 spiro atoms. The van der Waals surface area contributed by atoms with E-state index in [1.807, 2.05) is 36.4 Å². The zero-order valence-electron chi connectivity index (χ0n) is 14.3. The molecular weight excluding hydrogens is 298 g/mol. The van der Waals surface area contributed by atoms with Gasteiger partial charge in [0.05, 0.1) is 11.6 Å². The van der Waals surface area contributed by atoms with Gasteiger partial charge in [-0.2, -0.15) is 5.26 Å². The summed E-state index contributed by atoms with van der Waals surface area (Å²) in [5.41, 5.74) is 1.89. The number of carbonyl (C=O) groups excluding carboxylic acids is 1. The van der Waals surface area contributed by atoms with E-state index in [-0.39, 0.29) is 12.1 Å². The minimum absolute atomic E-state index is 0.0205. The Hall–Kier alpha value is -2.34. The second-order valence-electron chi connectivity index (χ2n) is 6.26. The molecule has 3 heteroatoms. The molecule has 1 aromatic rings. The predicted molar refractivity (Wildman–Crippen MR) is 95.5 cm³/mol. The van der Waals surface area contributed by atoms with Crippen LogP contribution in [0.1, 0.15) is 54.9 Å². The summed E-state index contributed by atoms with van der Waals surface area (Å²) in [4.78, 5) is 12.2. The van der Waals surface area contributed by atoms with Crippen molar-refractivity contribution in [3.05, 3.63) is 59.7 Å². The number of allylic oxidation sites excluding steroid dienone is 4. The highest BCUT2D eigenvalue weighted by atomic mass is 16.5. The second kappa shape index (κ2) is 9.72. The lowest BCUT2D eigenvalue weighted by Crippen LogP contribution is -2.24. The molecule has 0 unspecified atom stereocenters. The number of ether oxygens (including phenoxy) is 1. The monoisotopic (exact) mass is 323 g/mol. The van der Waals surface area contributed by atoms with Crippen LogP contribution in [-0.2, 0) is 11.2 Å². The molecule has 1 saturated carbocycles. The molecule has 1 fully saturated rings. The highest BCUT2D eigenvalue weighted by Crippen LogP contribution is 2.27. The van der Waals surface area contributed by atoms with Crippen molar-refractivity contribution in [3.8, 4) is 6.07 Å². The van der Waals surface area contributed by atoms with Gasteiger partial charge in [-0.1, -0.05) is 43.7 Å². The van der Waals surface area contributed by atoms with Crippen molar-refractivity contribution in [2.75, 3.05) is 0 Å². The van der Waals surface area contributed by atoms with Crippen LogP contribution in [0.25, 0.3) is 0 Å². The number of aryl methyl sites for hydroxylation is 1. The van der Waals surface area contributed by atoms with Crippen LogP contribution in [0.2, 0.25) is 0 Å². The first-order chi connectivity index (χ1) is 11.7. The lowest BCUT2D eigenvalue weighted by Gasteiger charge is -2.26. The van der Waals surface area contributed by atoms with E-state index in [0.29, 0.717) is 11.5 Å². The van der Waals surface area contributed by atoms with Crippen molar-refractivity contribution >= 4 is 5.97 Å². The van der Waals surface area contributed by atoms with Gasteiger partial charge >= 0.3 is 5.97 Å². The Kier molecular flexibility index (Phi) is 7.29. The van der Waals surface area contributed by atoms with Crippen molar-refractivity contribution in [1.29, 1.82) is 5.26 Å². The Morgan fingerprint density at radius 2 is 1.92 bits per heavy atom. The summed E-state index contributed by atoms with van der Waals surface area (Å²) in [5.74, 6) is 0.297. The normalized spacial score (nSPS) is 21.0. The van der Waals surface area contributed by atoms with Crippen LogP contribution in [0.3, 0.4) is 0 Å². The number of carbonyl (C=O) groups is 1. The zero-order chi connectivity index (χ0) is 17.2. The fraction of sp³-hybridized carbons (Fsp3) is 0.429. The summed E-state index contributed by atoms with van der Waals surface area (Å²) >= 11 is 0. The second-order valence-corrected chi connectivity index (χ2v) is 6.26. The van der Waals surface area contributed by atoms with Crippen molar-refractivity contribution in [2.24, 2.45) is 5.92 Å². The van der Waals surface area contributed by atoms with Crippen molar-refractivity contribution in [2.45, 2.75) is 51.6 Å². The third-order valence-corrected chi connectivity index (χ3v) is 4.39. The van der Waals surface area contributed by atoms with Gasteiger partial charge in [-0.3, -0.25) is 0 Å². The van der Waals surface area contributed by atoms with E-state index in [2.05, 4.69) is 13.0 Å². The van der Waals surface area contributed by atoms with Gasteiger partial charge in [0.1, 0.15) is 6.10 Å². The van der Waals surface area contributed by atoms with Gasteiger partial charge in [0.2, 0.25) is 0 Å². The first-order valence-corrected chi connectivity index (χ1v) is 8.75. The molecule has 0 radical (unpaired) electrons. The van der Waals surface area contributed by atoms with Gasteiger partial charge in [-0.05, 0) is 55.7 Å². The van der Waals surface area contributed by atoms with Gasteiger partial charge in [0.25, 0.3) is 0 Å². The Morgan fingerprint density at radius 3 is 2.54 bits per heavy atom. The summed E-state index contributed by atoms with van der Waals surface area (Å²) in [5, 5.41) is 8.44. The van der Waals surface area contributed by atoms with Crippen molar-refractivity contribution < 1.29 is 9.53 Å². The molecule has 0 bridgehead atoms. The minimum atomic E-state index is -0.214. The Bertz CT molecular complexity index is 614. The molecule has 1 aromatic carbocycles. The third-order valence-electron chi connectivity index (χ3n) is 4.39. The van der Waals surface area contributed by atoms with E-state index >= 15 is 0 Å². The number of hydrogen-bond donors (Lipinski definition) is 0. The summed E-state index contributed by atoms with van der Waals surface area (Å²) in [6.45, 7) is 2.15. The highest BCUT2D eigenvalue weighted by Gasteiger charge is 2.23. The van der Waals surface area contributed by atoms with Crippen molar-refractivity contribution in [1.82, 2.24) is 0 Å². The maximum Gasteiger partial charge on any atom is 0.338 e. The molecular formula is C21H25NO2. The average molecular weight is 323 g/mol. The van der Waals surface area contributed by atoms with Gasteiger partial charge in [0.15, 0.2) is 0 Å². The quantitative estimate of drug-likeness (QED) is 0.421. The molecule has 0 atom stereocenters. The summed E-state index contributed by atoms with van der Waals surface area (Å²) < 4.78 is 5.65. The maximum atomic E-state index is 12.2. The van der Waals surface area contributed by atoms with Crippen LogP contribution >= 0.6 is 0 Å². The highest BCUT2D eigenvalue weighted by molar-refractivity contribution is 5.89. The third kappa shape index (κ3) is 5.70. The molecule has 3 nitrogen and oxygen atoms in total. The minimum Gasteiger partial charge on any atom is -0.459 e. The lowest BCUT2D eigenvalue weighted by molar-refractivity contribution is 0.0185. The van der Waals surface area contributed by atoms with Crippen molar-refractivity contribution in [3.63, 3.8) is 0 Å². The standard InChI is InChI=1S/C21H25NO2/c1-2-6-17-8-12-19(13-9-17)21(23)24-20-14-10-18(11-15-20)7-4-3-5-16-22/h3-5,7-9,12-13,18,20H,2,6,10-11,14-15H2,1H3. The Morgan fingerprint density at radius 1 is 1.21 bits per heavy atom. The van der Waals surface area contributed by atoms with E-state index in [1.165, 1.54) is 11.6 Å². The number of benzene rings is 1. The number of rotatable bonds is 6. The first kappa shape index (κ1) is 18.0. The molecule has 1 aliphatic rings. The van der Waals surface area contributed by atoms with E-state index in [1.54, 1.807) is 6.08 Å². The van der Waals surface area contributed by atoms with Crippen LogP contribution < -0.4 is 0 Å². The van der Waals surface area contributed by atoms with Crippen LogP contribution in [0.5, 0.6) is 0 Å². The average Bonchev–Trinajstić information content (AvgIpc) is 2.61. The Labute approximate surface area is 144 Å². The number of hydrogen-bond acceptors (Lipinski definition) is 3. The summed E-state index contributed by atoms with van der Waals surface area (Å²) in [6, 6.07) is 9.72. The van der Waals surface area contributed by atoms with Gasteiger partial charge in [-0.15, -0.1) is 0 Å². The fourth-order valence-electron chi connectivity index (χ4n) is 3.03. The lowest BCUT2D eigenvalue weighted by atomic mass is 9.87. The van der Waals surface area contributed by atoms with Gasteiger partial charge < -0.3 is 4.74 Å². The molecule has 0 heterocycles. The molecule has 1 aliphatic carbocycles. The van der Waals surface area contributed by atoms with Crippen LogP contribution in [-0.4, -0.2) is 12.1 Å². The maximum absolute atomic E-state index is 12.2. The van der Waals surface area contributed by atoms with E-state index in [9.17, 15) is 4.79 Å². The summed E-state index contributed by atoms with van der Waals surface area (Å²) in [7, 11) is 0. The molecule has 0 aromatic heterocycles. The van der Waals surface area contributed by atoms with Gasteiger partial charge in [0, 0.05) is 6.08 Å². The predicted octanol–water partition coefficient (Wildman–Crippen LogP) is 4.99. The summed E-state index contributed by atoms with van der Waals surface area (Å²) in [6.07, 6.45) is 13.3. The van der Waals surface area contributed by atoms with E-state index in [4.69, 9.17) is 10.00 Å². The van der Waals surface area contributed by atoms with E-state index in [0.717, 1.165) is 38.5 Å². The zero-order valence-corrected chi connectivity index (χ0v) is 14.3. The van der Waals surface area contributed by atoms with Crippen LogP contribution in [0.15, 0.2) is 48.6 Å². The SMILES string of the molecule is CCCc1ccc(C(=O)OC2CCC(C=CC=CC#N)CC2)cc1. The largest absolute Gasteiger partial charge is 0.459 e. The smallest absolute Gasteiger partial charge is 0.338 e. The molecule has 0 N–H and O–H groups in total. The molecule has 0 aliphatic heterocycles. The topological polar surface area (TPSA) is 50.1 Å². The van der Waals surface area contributed by atoms with Crippen LogP contribution in [0, 0.1) is 17.2 Å². The molecule has 24 heavy (non-hydrogen) atoms. The van der Waals surface area contributed by atoms with Crippen LogP contribution in [0.4, 0.5) is 0 Å².